The number of carbonyl (C=O) groups is 1. The largest absolute Gasteiger partial charge is 0.496 e. The van der Waals surface area contributed by atoms with Crippen LogP contribution in [0.1, 0.15) is 57.2 Å². The van der Waals surface area contributed by atoms with Gasteiger partial charge in [-0.1, -0.05) is 6.07 Å². The number of nitrogens with one attached hydrogen (secondary N) is 1. The molecule has 35 heavy (non-hydrogen) atoms. The molecule has 1 aliphatic heterocycles. The predicted molar refractivity (Wildman–Crippen MR) is 135 cm³/mol. The standard InChI is InChI=1S/C26H36N2O6S/c1-5-33-24-12-9-20(18-25(24)34-6-2)19(3)27-26(29)14-10-21-17-22(11-13-23(21)32-4)35(30,31)28-15-7-8-16-28/h9,11-13,17-19H,5-8,10,14-16H2,1-4H3,(H,27,29)/t19-/m1/s1. The van der Waals surface area contributed by atoms with Gasteiger partial charge in [0.1, 0.15) is 5.75 Å². The normalized spacial score (nSPS) is 15.0. The van der Waals surface area contributed by atoms with Gasteiger partial charge in [0.2, 0.25) is 15.9 Å². The quantitative estimate of drug-likeness (QED) is 0.468. The molecule has 1 fully saturated rings. The van der Waals surface area contributed by atoms with Gasteiger partial charge in [-0.25, -0.2) is 8.42 Å². The highest BCUT2D eigenvalue weighted by molar-refractivity contribution is 7.89. The van der Waals surface area contributed by atoms with E-state index < -0.39 is 10.0 Å². The fourth-order valence-electron chi connectivity index (χ4n) is 4.17. The van der Waals surface area contributed by atoms with Crippen molar-refractivity contribution in [1.29, 1.82) is 0 Å². The van der Waals surface area contributed by atoms with Crippen molar-refractivity contribution in [2.75, 3.05) is 33.4 Å². The molecule has 1 N–H and O–H groups in total. The number of benzene rings is 2. The number of amides is 1. The first-order valence-corrected chi connectivity index (χ1v) is 13.6. The molecule has 0 spiro atoms. The van der Waals surface area contributed by atoms with Crippen LogP contribution < -0.4 is 19.5 Å². The monoisotopic (exact) mass is 504 g/mol. The molecule has 0 aliphatic carbocycles. The minimum Gasteiger partial charge on any atom is -0.496 e. The van der Waals surface area contributed by atoms with Gasteiger partial charge in [-0.3, -0.25) is 4.79 Å². The van der Waals surface area contributed by atoms with E-state index in [0.29, 0.717) is 55.5 Å². The van der Waals surface area contributed by atoms with E-state index in [1.54, 1.807) is 18.2 Å². The van der Waals surface area contributed by atoms with E-state index in [1.165, 1.54) is 11.4 Å². The Morgan fingerprint density at radius 3 is 2.31 bits per heavy atom. The van der Waals surface area contributed by atoms with Crippen molar-refractivity contribution >= 4 is 15.9 Å². The maximum atomic E-state index is 13.0. The highest BCUT2D eigenvalue weighted by Crippen LogP contribution is 2.31. The summed E-state index contributed by atoms with van der Waals surface area (Å²) in [5.74, 6) is 1.75. The molecule has 0 bridgehead atoms. The SMILES string of the molecule is CCOc1ccc([C@@H](C)NC(=O)CCc2cc(S(=O)(=O)N3CCCC3)ccc2OC)cc1OCC. The average molecular weight is 505 g/mol. The number of hydrogen-bond acceptors (Lipinski definition) is 6. The molecule has 0 aromatic heterocycles. The van der Waals surface area contributed by atoms with E-state index in [-0.39, 0.29) is 23.3 Å². The Labute approximate surface area is 208 Å². The van der Waals surface area contributed by atoms with E-state index in [0.717, 1.165) is 18.4 Å². The molecule has 1 amide bonds. The van der Waals surface area contributed by atoms with Gasteiger partial charge >= 0.3 is 0 Å². The zero-order valence-corrected chi connectivity index (χ0v) is 21.8. The van der Waals surface area contributed by atoms with Gasteiger partial charge in [0.25, 0.3) is 0 Å². The second-order valence-corrected chi connectivity index (χ2v) is 10.4. The van der Waals surface area contributed by atoms with Gasteiger partial charge in [0.05, 0.1) is 31.3 Å². The number of hydrogen-bond donors (Lipinski definition) is 1. The Bertz CT molecular complexity index is 1110. The predicted octanol–water partition coefficient (Wildman–Crippen LogP) is 4.09. The molecule has 0 unspecified atom stereocenters. The second kappa shape index (κ2) is 12.3. The van der Waals surface area contributed by atoms with E-state index in [4.69, 9.17) is 14.2 Å². The van der Waals surface area contributed by atoms with Crippen LogP contribution in [0.15, 0.2) is 41.3 Å². The second-order valence-electron chi connectivity index (χ2n) is 8.45. The number of sulfonamides is 1. The highest BCUT2D eigenvalue weighted by Gasteiger charge is 2.28. The van der Waals surface area contributed by atoms with Gasteiger partial charge in [0.15, 0.2) is 11.5 Å². The Morgan fingerprint density at radius 2 is 1.66 bits per heavy atom. The summed E-state index contributed by atoms with van der Waals surface area (Å²) < 4.78 is 44.1. The van der Waals surface area contributed by atoms with Crippen molar-refractivity contribution < 1.29 is 27.4 Å². The maximum absolute atomic E-state index is 13.0. The Balaban J connectivity index is 1.67. The van der Waals surface area contributed by atoms with E-state index in [1.807, 2.05) is 39.0 Å². The summed E-state index contributed by atoms with van der Waals surface area (Å²) in [6, 6.07) is 10.3. The lowest BCUT2D eigenvalue weighted by atomic mass is 10.1. The Morgan fingerprint density at radius 1 is 1.00 bits per heavy atom. The molecule has 192 valence electrons. The topological polar surface area (TPSA) is 94.2 Å². The van der Waals surface area contributed by atoms with E-state index in [2.05, 4.69) is 5.32 Å². The smallest absolute Gasteiger partial charge is 0.243 e. The fraction of sp³-hybridized carbons (Fsp3) is 0.500. The lowest BCUT2D eigenvalue weighted by Gasteiger charge is -2.18. The van der Waals surface area contributed by atoms with Gasteiger partial charge in [-0.05, 0) is 81.5 Å². The van der Waals surface area contributed by atoms with Crippen molar-refractivity contribution in [1.82, 2.24) is 9.62 Å². The number of aryl methyl sites for hydroxylation is 1. The molecule has 2 aromatic carbocycles. The van der Waals surface area contributed by atoms with Crippen LogP contribution in [0, 0.1) is 0 Å². The molecular formula is C26H36N2O6S. The van der Waals surface area contributed by atoms with Crippen LogP contribution in [0.3, 0.4) is 0 Å². The van der Waals surface area contributed by atoms with Crippen LogP contribution >= 0.6 is 0 Å². The molecule has 0 radical (unpaired) electrons. The zero-order valence-electron chi connectivity index (χ0n) is 21.0. The maximum Gasteiger partial charge on any atom is 0.243 e. The van der Waals surface area contributed by atoms with E-state index >= 15 is 0 Å². The highest BCUT2D eigenvalue weighted by atomic mass is 32.2. The Kier molecular flexibility index (Phi) is 9.40. The van der Waals surface area contributed by atoms with Crippen molar-refractivity contribution in [3.05, 3.63) is 47.5 Å². The number of ether oxygens (including phenoxy) is 3. The molecule has 2 aromatic rings. The van der Waals surface area contributed by atoms with Crippen LogP contribution in [0.25, 0.3) is 0 Å². The first-order chi connectivity index (χ1) is 16.8. The molecule has 8 nitrogen and oxygen atoms in total. The summed E-state index contributed by atoms with van der Waals surface area (Å²) in [6.07, 6.45) is 2.31. The fourth-order valence-corrected chi connectivity index (χ4v) is 5.74. The number of rotatable bonds is 12. The third kappa shape index (κ3) is 6.67. The molecule has 1 atom stereocenters. The summed E-state index contributed by atoms with van der Waals surface area (Å²) in [4.78, 5) is 13.0. The molecule has 1 heterocycles. The van der Waals surface area contributed by atoms with Gasteiger partial charge in [-0.15, -0.1) is 0 Å². The van der Waals surface area contributed by atoms with Crippen LogP contribution in [-0.4, -0.2) is 52.0 Å². The lowest BCUT2D eigenvalue weighted by molar-refractivity contribution is -0.121. The third-order valence-corrected chi connectivity index (χ3v) is 7.92. The van der Waals surface area contributed by atoms with Gasteiger partial charge < -0.3 is 19.5 Å². The van der Waals surface area contributed by atoms with Crippen LogP contribution in [0.2, 0.25) is 0 Å². The summed E-state index contributed by atoms with van der Waals surface area (Å²) in [5.41, 5.74) is 1.59. The molecule has 1 aliphatic rings. The van der Waals surface area contributed by atoms with Crippen molar-refractivity contribution in [2.24, 2.45) is 0 Å². The number of methoxy groups -OCH3 is 1. The molecule has 1 saturated heterocycles. The van der Waals surface area contributed by atoms with Crippen molar-refractivity contribution in [3.8, 4) is 17.2 Å². The van der Waals surface area contributed by atoms with Crippen molar-refractivity contribution in [3.63, 3.8) is 0 Å². The molecule has 3 rings (SSSR count). The van der Waals surface area contributed by atoms with Gasteiger partial charge in [-0.2, -0.15) is 4.31 Å². The summed E-state index contributed by atoms with van der Waals surface area (Å²) in [6.45, 7) is 7.87. The van der Waals surface area contributed by atoms with Crippen LogP contribution in [0.4, 0.5) is 0 Å². The Hall–Kier alpha value is -2.78. The van der Waals surface area contributed by atoms with E-state index in [9.17, 15) is 13.2 Å². The number of carbonyl (C=O) groups excluding carboxylic acids is 1. The molecular weight excluding hydrogens is 468 g/mol. The average Bonchev–Trinajstić information content (AvgIpc) is 3.40. The first kappa shape index (κ1) is 26.8. The lowest BCUT2D eigenvalue weighted by Crippen LogP contribution is -2.28. The van der Waals surface area contributed by atoms with Crippen LogP contribution in [-0.2, 0) is 21.2 Å². The summed E-state index contributed by atoms with van der Waals surface area (Å²) in [5, 5.41) is 3.01. The summed E-state index contributed by atoms with van der Waals surface area (Å²) in [7, 11) is -2.00. The molecule has 0 saturated carbocycles. The first-order valence-electron chi connectivity index (χ1n) is 12.2. The number of nitrogens with zero attached hydrogens (tertiary/aromatic N) is 1. The van der Waals surface area contributed by atoms with Crippen molar-refractivity contribution in [2.45, 2.75) is 57.4 Å². The zero-order chi connectivity index (χ0) is 25.4. The van der Waals surface area contributed by atoms with Gasteiger partial charge in [0, 0.05) is 19.5 Å². The molecule has 9 heteroatoms. The van der Waals surface area contributed by atoms with Crippen LogP contribution in [0.5, 0.6) is 17.2 Å². The minimum atomic E-state index is -3.54. The minimum absolute atomic E-state index is 0.140. The summed E-state index contributed by atoms with van der Waals surface area (Å²) >= 11 is 0. The third-order valence-electron chi connectivity index (χ3n) is 6.02.